The van der Waals surface area contributed by atoms with Gasteiger partial charge in [-0.2, -0.15) is 5.10 Å². The van der Waals surface area contributed by atoms with E-state index in [9.17, 15) is 4.79 Å². The molecule has 0 spiro atoms. The smallest absolute Gasteiger partial charge is 0.225 e. The molecule has 1 saturated carbocycles. The van der Waals surface area contributed by atoms with Gasteiger partial charge in [-0.1, -0.05) is 0 Å². The van der Waals surface area contributed by atoms with Gasteiger partial charge in [-0.3, -0.25) is 9.48 Å². The van der Waals surface area contributed by atoms with Crippen molar-refractivity contribution in [1.29, 1.82) is 0 Å². The number of carbonyl (C=O) groups excluding carboxylic acids is 1. The first-order chi connectivity index (χ1) is 11.2. The molecule has 2 N–H and O–H groups in total. The predicted molar refractivity (Wildman–Crippen MR) is 93.2 cm³/mol. The van der Waals surface area contributed by atoms with Crippen molar-refractivity contribution in [2.24, 2.45) is 18.9 Å². The second-order valence-electron chi connectivity index (χ2n) is 7.23. The van der Waals surface area contributed by atoms with Crippen molar-refractivity contribution in [3.63, 3.8) is 0 Å². The average molecular weight is 355 g/mol. The molecule has 0 bridgehead atoms. The number of halogens is 1. The third kappa shape index (κ3) is 3.32. The van der Waals surface area contributed by atoms with Crippen LogP contribution in [0.25, 0.3) is 0 Å². The number of hydrogen-bond acceptors (Lipinski definition) is 4. The van der Waals surface area contributed by atoms with Crippen LogP contribution in [0.1, 0.15) is 37.2 Å². The van der Waals surface area contributed by atoms with Crippen LogP contribution in [-0.4, -0.2) is 47.5 Å². The molecule has 7 heteroatoms. The number of ether oxygens (including phenoxy) is 1. The van der Waals surface area contributed by atoms with E-state index in [-0.39, 0.29) is 30.2 Å². The Kier molecular flexibility index (Phi) is 5.47. The first-order valence-corrected chi connectivity index (χ1v) is 8.83. The van der Waals surface area contributed by atoms with Crippen molar-refractivity contribution in [2.45, 2.75) is 43.7 Å². The quantitative estimate of drug-likeness (QED) is 0.856. The van der Waals surface area contributed by atoms with Gasteiger partial charge in [0.05, 0.1) is 18.2 Å². The summed E-state index contributed by atoms with van der Waals surface area (Å²) >= 11 is 0. The van der Waals surface area contributed by atoms with Crippen molar-refractivity contribution < 1.29 is 9.53 Å². The molecule has 1 aliphatic carbocycles. The molecule has 2 aliphatic heterocycles. The van der Waals surface area contributed by atoms with Gasteiger partial charge in [-0.15, -0.1) is 12.4 Å². The summed E-state index contributed by atoms with van der Waals surface area (Å²) in [5, 5.41) is 11.0. The van der Waals surface area contributed by atoms with E-state index in [1.165, 1.54) is 0 Å². The molecule has 3 aliphatic rings. The standard InChI is InChI=1S/C17H26N4O2.ClH/c1-21-10-11(7-19-21)13-8-18-9-14(13)17(22)20-15-3-2-4-16-12(15)5-6-23-16;/h7,10,12-16,18H,2-6,8-9H2,1H3,(H,20,22);1H/t12?,13-,14+,15?,16?;/m1./s1. The number of aromatic nitrogens is 2. The highest BCUT2D eigenvalue weighted by atomic mass is 35.5. The third-order valence-corrected chi connectivity index (χ3v) is 5.81. The summed E-state index contributed by atoms with van der Waals surface area (Å²) in [6.07, 6.45) is 8.77. The van der Waals surface area contributed by atoms with Crippen molar-refractivity contribution >= 4 is 18.3 Å². The van der Waals surface area contributed by atoms with Gasteiger partial charge in [0.1, 0.15) is 0 Å². The zero-order chi connectivity index (χ0) is 15.8. The minimum absolute atomic E-state index is 0. The molecule has 3 unspecified atom stereocenters. The molecular formula is C17H27ClN4O2. The molecule has 1 aromatic rings. The van der Waals surface area contributed by atoms with Crippen LogP contribution in [0.5, 0.6) is 0 Å². The van der Waals surface area contributed by atoms with Gasteiger partial charge in [0.15, 0.2) is 0 Å². The fourth-order valence-corrected chi connectivity index (χ4v) is 4.58. The molecule has 0 aromatic carbocycles. The SMILES string of the molecule is Cl.Cn1cc([C@H]2CNC[C@@H]2C(=O)NC2CCCC3OCCC23)cn1. The highest BCUT2D eigenvalue weighted by Gasteiger charge is 2.41. The minimum Gasteiger partial charge on any atom is -0.378 e. The fraction of sp³-hybridized carbons (Fsp3) is 0.765. The number of hydrogen-bond donors (Lipinski definition) is 2. The van der Waals surface area contributed by atoms with Crippen LogP contribution in [-0.2, 0) is 16.6 Å². The Balaban J connectivity index is 0.00000169. The van der Waals surface area contributed by atoms with Crippen molar-refractivity contribution in [3.05, 3.63) is 18.0 Å². The first kappa shape index (κ1) is 17.7. The number of nitrogens with one attached hydrogen (secondary N) is 2. The summed E-state index contributed by atoms with van der Waals surface area (Å²) in [4.78, 5) is 12.9. The second-order valence-corrected chi connectivity index (χ2v) is 7.23. The lowest BCUT2D eigenvalue weighted by Crippen LogP contribution is -2.48. The Labute approximate surface area is 149 Å². The molecule has 4 rings (SSSR count). The summed E-state index contributed by atoms with van der Waals surface area (Å²) in [7, 11) is 1.92. The van der Waals surface area contributed by atoms with Crippen LogP contribution in [0.4, 0.5) is 0 Å². The number of rotatable bonds is 3. The van der Waals surface area contributed by atoms with Gasteiger partial charge >= 0.3 is 0 Å². The Bertz CT molecular complexity index is 579. The van der Waals surface area contributed by atoms with E-state index in [4.69, 9.17) is 4.74 Å². The van der Waals surface area contributed by atoms with E-state index in [0.29, 0.717) is 18.1 Å². The normalized spacial score (nSPS) is 35.3. The van der Waals surface area contributed by atoms with Gasteiger partial charge < -0.3 is 15.4 Å². The summed E-state index contributed by atoms with van der Waals surface area (Å²) in [5.74, 6) is 0.935. The van der Waals surface area contributed by atoms with Crippen LogP contribution < -0.4 is 10.6 Å². The monoisotopic (exact) mass is 354 g/mol. The minimum atomic E-state index is 0. The van der Waals surface area contributed by atoms with E-state index in [1.807, 2.05) is 24.1 Å². The number of amides is 1. The average Bonchev–Trinajstić information content (AvgIpc) is 3.26. The highest BCUT2D eigenvalue weighted by molar-refractivity contribution is 5.85. The molecule has 3 fully saturated rings. The molecule has 0 radical (unpaired) electrons. The van der Waals surface area contributed by atoms with Gasteiger partial charge in [0.25, 0.3) is 0 Å². The molecular weight excluding hydrogens is 328 g/mol. The maximum absolute atomic E-state index is 12.9. The Morgan fingerprint density at radius 2 is 2.25 bits per heavy atom. The lowest BCUT2D eigenvalue weighted by molar-refractivity contribution is -0.126. The second kappa shape index (κ2) is 7.42. The van der Waals surface area contributed by atoms with Gasteiger partial charge in [0.2, 0.25) is 5.91 Å². The highest BCUT2D eigenvalue weighted by Crippen LogP contribution is 2.35. The predicted octanol–water partition coefficient (Wildman–Crippen LogP) is 1.22. The summed E-state index contributed by atoms with van der Waals surface area (Å²) in [6, 6.07) is 0.291. The molecule has 134 valence electrons. The fourth-order valence-electron chi connectivity index (χ4n) is 4.58. The van der Waals surface area contributed by atoms with Crippen LogP contribution in [0.15, 0.2) is 12.4 Å². The summed E-state index contributed by atoms with van der Waals surface area (Å²) in [5.41, 5.74) is 1.16. The lowest BCUT2D eigenvalue weighted by Gasteiger charge is -2.34. The molecule has 3 heterocycles. The molecule has 2 saturated heterocycles. The molecule has 6 nitrogen and oxygen atoms in total. The number of carbonyl (C=O) groups is 1. The molecule has 5 atom stereocenters. The Hall–Kier alpha value is -1.11. The number of aryl methyl sites for hydroxylation is 1. The molecule has 1 aromatic heterocycles. The van der Waals surface area contributed by atoms with Gasteiger partial charge in [-0.25, -0.2) is 0 Å². The largest absolute Gasteiger partial charge is 0.378 e. The topological polar surface area (TPSA) is 68.2 Å². The zero-order valence-electron chi connectivity index (χ0n) is 14.1. The van der Waals surface area contributed by atoms with E-state index in [1.54, 1.807) is 0 Å². The van der Waals surface area contributed by atoms with E-state index >= 15 is 0 Å². The Morgan fingerprint density at radius 3 is 3.04 bits per heavy atom. The maximum Gasteiger partial charge on any atom is 0.225 e. The third-order valence-electron chi connectivity index (χ3n) is 5.81. The van der Waals surface area contributed by atoms with Crippen molar-refractivity contribution in [2.75, 3.05) is 19.7 Å². The zero-order valence-corrected chi connectivity index (χ0v) is 14.9. The van der Waals surface area contributed by atoms with Gasteiger partial charge in [-0.05, 0) is 31.2 Å². The van der Waals surface area contributed by atoms with Crippen LogP contribution in [0, 0.1) is 11.8 Å². The Morgan fingerprint density at radius 1 is 1.38 bits per heavy atom. The summed E-state index contributed by atoms with van der Waals surface area (Å²) in [6.45, 7) is 2.46. The first-order valence-electron chi connectivity index (χ1n) is 8.83. The van der Waals surface area contributed by atoms with Crippen LogP contribution >= 0.6 is 12.4 Å². The van der Waals surface area contributed by atoms with Crippen molar-refractivity contribution in [3.8, 4) is 0 Å². The maximum atomic E-state index is 12.9. The van der Waals surface area contributed by atoms with Crippen molar-refractivity contribution in [1.82, 2.24) is 20.4 Å². The van der Waals surface area contributed by atoms with E-state index in [2.05, 4.69) is 15.7 Å². The van der Waals surface area contributed by atoms with Crippen LogP contribution in [0.2, 0.25) is 0 Å². The number of fused-ring (bicyclic) bond motifs is 1. The molecule has 24 heavy (non-hydrogen) atoms. The van der Waals surface area contributed by atoms with Crippen LogP contribution in [0.3, 0.4) is 0 Å². The van der Waals surface area contributed by atoms with Gasteiger partial charge in [0, 0.05) is 50.8 Å². The van der Waals surface area contributed by atoms with E-state index < -0.39 is 0 Å². The van der Waals surface area contributed by atoms with E-state index in [0.717, 1.165) is 50.9 Å². The molecule has 1 amide bonds. The lowest BCUT2D eigenvalue weighted by atomic mass is 9.81. The summed E-state index contributed by atoms with van der Waals surface area (Å²) < 4.78 is 7.62. The number of nitrogens with zero attached hydrogens (tertiary/aromatic N) is 2.